The topological polar surface area (TPSA) is 45.5 Å². The molecular formula is C27H32N2O2. The first kappa shape index (κ1) is 21.4. The molecular weight excluding hydrogens is 384 g/mol. The normalized spacial score (nSPS) is 16.3. The summed E-state index contributed by atoms with van der Waals surface area (Å²) in [5.41, 5.74) is 3.88. The molecule has 1 atom stereocenters. The fourth-order valence-corrected chi connectivity index (χ4v) is 4.66. The number of nitrogens with zero attached hydrogens (tertiary/aromatic N) is 2. The number of aliphatic carboxylic acids is 1. The maximum Gasteiger partial charge on any atom is 0.327 e. The van der Waals surface area contributed by atoms with Gasteiger partial charge in [-0.2, -0.15) is 0 Å². The molecule has 0 amide bonds. The quantitative estimate of drug-likeness (QED) is 0.523. The number of carboxylic acids is 1. The van der Waals surface area contributed by atoms with Crippen LogP contribution >= 0.6 is 0 Å². The van der Waals surface area contributed by atoms with E-state index in [4.69, 9.17) is 0 Å². The molecule has 0 radical (unpaired) electrons. The van der Waals surface area contributed by atoms with Crippen molar-refractivity contribution in [2.45, 2.75) is 44.1 Å². The van der Waals surface area contributed by atoms with Gasteiger partial charge in [-0.05, 0) is 80.1 Å². The molecule has 0 aliphatic carbocycles. The van der Waals surface area contributed by atoms with Gasteiger partial charge in [-0.15, -0.1) is 0 Å². The van der Waals surface area contributed by atoms with Gasteiger partial charge in [0.05, 0.1) is 0 Å². The lowest BCUT2D eigenvalue weighted by Gasteiger charge is -2.32. The summed E-state index contributed by atoms with van der Waals surface area (Å²) in [5, 5.41) is 9.56. The van der Waals surface area contributed by atoms with Gasteiger partial charge in [-0.3, -0.25) is 0 Å². The number of carboxylic acid groups (broad SMARTS) is 1. The average Bonchev–Trinajstić information content (AvgIpc) is 3.34. The van der Waals surface area contributed by atoms with Crippen LogP contribution < -0.4 is 0 Å². The highest BCUT2D eigenvalue weighted by Crippen LogP contribution is 2.27. The van der Waals surface area contributed by atoms with E-state index in [0.717, 1.165) is 24.9 Å². The van der Waals surface area contributed by atoms with Crippen molar-refractivity contribution in [1.82, 2.24) is 9.47 Å². The molecule has 1 fully saturated rings. The zero-order chi connectivity index (χ0) is 21.5. The smallest absolute Gasteiger partial charge is 0.327 e. The van der Waals surface area contributed by atoms with E-state index in [1.54, 1.807) is 4.57 Å². The minimum atomic E-state index is -0.795. The van der Waals surface area contributed by atoms with E-state index in [0.29, 0.717) is 12.3 Å². The molecule has 0 bridgehead atoms. The Hall–Kier alpha value is -2.85. The highest BCUT2D eigenvalue weighted by atomic mass is 16.4. The van der Waals surface area contributed by atoms with Gasteiger partial charge >= 0.3 is 5.97 Å². The Kier molecular flexibility index (Phi) is 7.21. The third kappa shape index (κ3) is 5.86. The molecule has 0 spiro atoms. The van der Waals surface area contributed by atoms with Crippen molar-refractivity contribution in [3.8, 4) is 0 Å². The first-order valence-electron chi connectivity index (χ1n) is 11.4. The third-order valence-electron chi connectivity index (χ3n) is 6.52. The Morgan fingerprint density at radius 2 is 1.55 bits per heavy atom. The Bertz CT molecular complexity index is 927. The molecule has 162 valence electrons. The molecule has 1 saturated heterocycles. The van der Waals surface area contributed by atoms with Crippen molar-refractivity contribution >= 4 is 5.97 Å². The van der Waals surface area contributed by atoms with Gasteiger partial charge in [0, 0.05) is 18.8 Å². The molecule has 4 rings (SSSR count). The van der Waals surface area contributed by atoms with Crippen LogP contribution in [0, 0.1) is 0 Å². The molecule has 1 aromatic heterocycles. The van der Waals surface area contributed by atoms with Crippen molar-refractivity contribution < 1.29 is 9.90 Å². The lowest BCUT2D eigenvalue weighted by molar-refractivity contribution is -0.140. The zero-order valence-corrected chi connectivity index (χ0v) is 18.1. The molecule has 3 aromatic rings. The van der Waals surface area contributed by atoms with Crippen molar-refractivity contribution in [2.75, 3.05) is 19.6 Å². The molecule has 1 N–H and O–H groups in total. The Labute approximate surface area is 185 Å². The van der Waals surface area contributed by atoms with Crippen LogP contribution in [0.25, 0.3) is 0 Å². The number of hydrogen-bond donors (Lipinski definition) is 1. The number of carbonyl (C=O) groups is 1. The minimum Gasteiger partial charge on any atom is -0.480 e. The number of aryl methyl sites for hydroxylation is 1. The first-order chi connectivity index (χ1) is 15.2. The van der Waals surface area contributed by atoms with Crippen molar-refractivity contribution in [3.63, 3.8) is 0 Å². The van der Waals surface area contributed by atoms with Gasteiger partial charge in [-0.1, -0.05) is 54.6 Å². The Balaban J connectivity index is 1.21. The lowest BCUT2D eigenvalue weighted by Crippen LogP contribution is -2.33. The Morgan fingerprint density at radius 1 is 0.903 bits per heavy atom. The monoisotopic (exact) mass is 416 g/mol. The van der Waals surface area contributed by atoms with Gasteiger partial charge in [0.25, 0.3) is 0 Å². The van der Waals surface area contributed by atoms with Crippen molar-refractivity contribution in [3.05, 3.63) is 95.8 Å². The second-order valence-corrected chi connectivity index (χ2v) is 8.64. The number of hydrogen-bond acceptors (Lipinski definition) is 2. The largest absolute Gasteiger partial charge is 0.480 e. The van der Waals surface area contributed by atoms with E-state index >= 15 is 0 Å². The fourth-order valence-electron chi connectivity index (χ4n) is 4.66. The minimum absolute atomic E-state index is 0.501. The standard InChI is InChI=1S/C27H32N2O2/c30-27(31)26(29-17-4-5-18-29)21-23-12-10-22(11-13-23)7-6-16-28-19-14-25(15-20-28)24-8-2-1-3-9-24/h1-5,8-13,17-18,25-26H,6-7,14-16,19-21H2,(H,30,31)/t26-/m0/s1. The van der Waals surface area contributed by atoms with Crippen LogP contribution in [0.4, 0.5) is 0 Å². The number of aromatic nitrogens is 1. The second kappa shape index (κ2) is 10.5. The van der Waals surface area contributed by atoms with Gasteiger partial charge in [0.2, 0.25) is 0 Å². The maximum absolute atomic E-state index is 11.6. The van der Waals surface area contributed by atoms with Crippen LogP contribution in [0.3, 0.4) is 0 Å². The van der Waals surface area contributed by atoms with Crippen LogP contribution in [0.2, 0.25) is 0 Å². The van der Waals surface area contributed by atoms with Crippen molar-refractivity contribution in [1.29, 1.82) is 0 Å². The van der Waals surface area contributed by atoms with Gasteiger partial charge in [0.15, 0.2) is 0 Å². The number of piperidine rings is 1. The lowest BCUT2D eigenvalue weighted by atomic mass is 9.89. The van der Waals surface area contributed by atoms with Crippen LogP contribution in [0.15, 0.2) is 79.1 Å². The predicted molar refractivity (Wildman–Crippen MR) is 124 cm³/mol. The number of rotatable bonds is 9. The summed E-state index contributed by atoms with van der Waals surface area (Å²) in [6, 6.07) is 22.6. The number of likely N-dealkylation sites (tertiary alicyclic amines) is 1. The van der Waals surface area contributed by atoms with E-state index in [1.807, 2.05) is 24.5 Å². The predicted octanol–water partition coefficient (Wildman–Crippen LogP) is 5.17. The summed E-state index contributed by atoms with van der Waals surface area (Å²) < 4.78 is 1.76. The summed E-state index contributed by atoms with van der Waals surface area (Å²) >= 11 is 0. The molecule has 2 heterocycles. The average molecular weight is 417 g/mol. The summed E-state index contributed by atoms with van der Waals surface area (Å²) in [5.74, 6) is -0.0810. The van der Waals surface area contributed by atoms with E-state index < -0.39 is 12.0 Å². The van der Waals surface area contributed by atoms with Crippen LogP contribution in [0.1, 0.15) is 47.9 Å². The first-order valence-corrected chi connectivity index (χ1v) is 11.4. The Morgan fingerprint density at radius 3 is 2.19 bits per heavy atom. The van der Waals surface area contributed by atoms with Crippen molar-refractivity contribution in [2.24, 2.45) is 0 Å². The zero-order valence-electron chi connectivity index (χ0n) is 18.1. The molecule has 0 unspecified atom stereocenters. The summed E-state index contributed by atoms with van der Waals surface area (Å²) in [6.45, 7) is 3.53. The molecule has 0 saturated carbocycles. The van der Waals surface area contributed by atoms with E-state index in [9.17, 15) is 9.90 Å². The molecule has 1 aliphatic heterocycles. The van der Waals surface area contributed by atoms with Crippen LogP contribution in [-0.2, 0) is 17.6 Å². The van der Waals surface area contributed by atoms with E-state index in [2.05, 4.69) is 59.5 Å². The molecule has 31 heavy (non-hydrogen) atoms. The van der Waals surface area contributed by atoms with E-state index in [-0.39, 0.29) is 0 Å². The summed E-state index contributed by atoms with van der Waals surface area (Å²) in [4.78, 5) is 14.2. The van der Waals surface area contributed by atoms with Gasteiger partial charge < -0.3 is 14.6 Å². The van der Waals surface area contributed by atoms with Crippen LogP contribution in [-0.4, -0.2) is 40.2 Å². The molecule has 2 aromatic carbocycles. The van der Waals surface area contributed by atoms with Crippen LogP contribution in [0.5, 0.6) is 0 Å². The SMILES string of the molecule is O=C(O)[C@H](Cc1ccc(CCCN2CCC(c3ccccc3)CC2)cc1)n1cccc1. The highest BCUT2D eigenvalue weighted by molar-refractivity contribution is 5.72. The maximum atomic E-state index is 11.6. The molecule has 1 aliphatic rings. The highest BCUT2D eigenvalue weighted by Gasteiger charge is 2.20. The summed E-state index contributed by atoms with van der Waals surface area (Å²) in [7, 11) is 0. The molecule has 4 nitrogen and oxygen atoms in total. The third-order valence-corrected chi connectivity index (χ3v) is 6.52. The summed E-state index contributed by atoms with van der Waals surface area (Å²) in [6.07, 6.45) is 8.87. The van der Waals surface area contributed by atoms with Gasteiger partial charge in [0.1, 0.15) is 6.04 Å². The number of benzene rings is 2. The van der Waals surface area contributed by atoms with E-state index in [1.165, 1.54) is 37.1 Å². The second-order valence-electron chi connectivity index (χ2n) is 8.64. The molecule has 4 heteroatoms. The fraction of sp³-hybridized carbons (Fsp3) is 0.370. The van der Waals surface area contributed by atoms with Gasteiger partial charge in [-0.25, -0.2) is 4.79 Å².